The number of benzene rings is 1. The molecule has 1 aromatic carbocycles. The fraction of sp³-hybridized carbons (Fsp3) is 0.231. The second kappa shape index (κ2) is 3.87. The van der Waals surface area contributed by atoms with Gasteiger partial charge in [-0.3, -0.25) is 9.48 Å². The van der Waals surface area contributed by atoms with Crippen LogP contribution in [-0.2, 0) is 6.54 Å². The molecule has 5 nitrogen and oxygen atoms in total. The van der Waals surface area contributed by atoms with Gasteiger partial charge < -0.3 is 5.84 Å². The first kappa shape index (κ1) is 10.8. The smallest absolute Gasteiger partial charge is 0.297 e. The molecule has 0 saturated heterocycles. The summed E-state index contributed by atoms with van der Waals surface area (Å²) in [5, 5.41) is 6.14. The van der Waals surface area contributed by atoms with E-state index in [4.69, 9.17) is 5.84 Å². The molecule has 92 valence electrons. The van der Waals surface area contributed by atoms with Gasteiger partial charge in [0.15, 0.2) is 5.52 Å². The molecule has 3 rings (SSSR count). The van der Waals surface area contributed by atoms with Crippen molar-refractivity contribution in [3.63, 3.8) is 0 Å². The molecule has 3 aromatic rings. The van der Waals surface area contributed by atoms with Crippen LogP contribution in [0.25, 0.3) is 21.8 Å². The lowest BCUT2D eigenvalue weighted by Crippen LogP contribution is -2.27. The lowest BCUT2D eigenvalue weighted by atomic mass is 10.1. The predicted molar refractivity (Wildman–Crippen MR) is 71.9 cm³/mol. The number of nitrogens with two attached hydrogens (primary N) is 1. The third kappa shape index (κ3) is 1.40. The molecule has 0 unspecified atom stereocenters. The summed E-state index contributed by atoms with van der Waals surface area (Å²) in [5.41, 5.74) is 0.911. The first-order valence-electron chi connectivity index (χ1n) is 5.98. The second-order valence-corrected chi connectivity index (χ2v) is 4.35. The number of aryl methyl sites for hydroxylation is 1. The maximum absolute atomic E-state index is 12.1. The van der Waals surface area contributed by atoms with Crippen LogP contribution in [0.15, 0.2) is 35.3 Å². The highest BCUT2D eigenvalue weighted by Crippen LogP contribution is 2.20. The van der Waals surface area contributed by atoms with Gasteiger partial charge in [-0.15, -0.1) is 0 Å². The number of nitrogen functional groups attached to an aromatic ring is 1. The molecular formula is C13H14N4O. The Balaban J connectivity index is 2.49. The van der Waals surface area contributed by atoms with E-state index in [0.717, 1.165) is 29.3 Å². The molecule has 0 radical (unpaired) electrons. The van der Waals surface area contributed by atoms with Gasteiger partial charge in [-0.25, -0.2) is 4.68 Å². The van der Waals surface area contributed by atoms with E-state index >= 15 is 0 Å². The van der Waals surface area contributed by atoms with Crippen molar-refractivity contribution in [1.29, 1.82) is 0 Å². The highest BCUT2D eigenvalue weighted by atomic mass is 16.1. The summed E-state index contributed by atoms with van der Waals surface area (Å²) in [6, 6.07) is 7.60. The van der Waals surface area contributed by atoms with E-state index in [1.165, 1.54) is 4.68 Å². The zero-order chi connectivity index (χ0) is 12.7. The van der Waals surface area contributed by atoms with Crippen LogP contribution in [0, 0.1) is 0 Å². The highest BCUT2D eigenvalue weighted by Gasteiger charge is 2.12. The Morgan fingerprint density at radius 2 is 2.06 bits per heavy atom. The third-order valence-corrected chi connectivity index (χ3v) is 3.09. The van der Waals surface area contributed by atoms with E-state index in [1.54, 1.807) is 4.68 Å². The van der Waals surface area contributed by atoms with Gasteiger partial charge in [0, 0.05) is 23.5 Å². The molecule has 0 aliphatic rings. The van der Waals surface area contributed by atoms with Gasteiger partial charge in [0.1, 0.15) is 0 Å². The van der Waals surface area contributed by atoms with Crippen LogP contribution in [0.4, 0.5) is 0 Å². The minimum atomic E-state index is -0.251. The summed E-state index contributed by atoms with van der Waals surface area (Å²) in [5.74, 6) is 5.82. The number of rotatable bonds is 2. The van der Waals surface area contributed by atoms with E-state index in [1.807, 2.05) is 30.5 Å². The summed E-state index contributed by atoms with van der Waals surface area (Å²) in [4.78, 5) is 12.1. The van der Waals surface area contributed by atoms with E-state index in [2.05, 4.69) is 12.0 Å². The van der Waals surface area contributed by atoms with Crippen molar-refractivity contribution in [2.24, 2.45) is 0 Å². The van der Waals surface area contributed by atoms with Crippen LogP contribution in [0.2, 0.25) is 0 Å². The summed E-state index contributed by atoms with van der Waals surface area (Å²) in [6.07, 6.45) is 2.89. The fourth-order valence-electron chi connectivity index (χ4n) is 2.26. The number of nitrogens with zero attached hydrogens (tertiary/aromatic N) is 3. The van der Waals surface area contributed by atoms with Gasteiger partial charge >= 0.3 is 0 Å². The quantitative estimate of drug-likeness (QED) is 0.692. The lowest BCUT2D eigenvalue weighted by Gasteiger charge is -2.04. The maximum atomic E-state index is 12.1. The van der Waals surface area contributed by atoms with Crippen molar-refractivity contribution >= 4 is 21.8 Å². The molecule has 0 amide bonds. The van der Waals surface area contributed by atoms with Crippen molar-refractivity contribution in [2.75, 3.05) is 5.84 Å². The molecule has 0 fully saturated rings. The van der Waals surface area contributed by atoms with Gasteiger partial charge in [0.2, 0.25) is 0 Å². The Hall–Kier alpha value is -2.30. The zero-order valence-corrected chi connectivity index (χ0v) is 10.1. The Kier molecular flexibility index (Phi) is 2.33. The van der Waals surface area contributed by atoms with Gasteiger partial charge in [-0.2, -0.15) is 5.10 Å². The predicted octanol–water partition coefficient (Wildman–Crippen LogP) is 1.47. The van der Waals surface area contributed by atoms with Crippen LogP contribution in [0.5, 0.6) is 0 Å². The van der Waals surface area contributed by atoms with Gasteiger partial charge in [0.05, 0.1) is 5.52 Å². The Morgan fingerprint density at radius 1 is 1.28 bits per heavy atom. The first-order chi connectivity index (χ1) is 8.72. The standard InChI is InChI=1S/C13H14N4O/c1-2-7-16-8-10-9-5-3-4-6-11(9)17(14)13(18)12(10)15-16/h3-6,8H,2,7,14H2,1H3. The molecule has 0 saturated carbocycles. The highest BCUT2D eigenvalue weighted by molar-refractivity contribution is 6.03. The van der Waals surface area contributed by atoms with Gasteiger partial charge in [-0.05, 0) is 12.5 Å². The van der Waals surface area contributed by atoms with Crippen molar-refractivity contribution in [2.45, 2.75) is 19.9 Å². The minimum Gasteiger partial charge on any atom is -0.336 e. The SMILES string of the molecule is CCCn1cc2c(n1)c(=O)n(N)c1ccccc21. The zero-order valence-electron chi connectivity index (χ0n) is 10.1. The van der Waals surface area contributed by atoms with Crippen molar-refractivity contribution in [3.8, 4) is 0 Å². The van der Waals surface area contributed by atoms with Crippen LogP contribution in [-0.4, -0.2) is 14.5 Å². The normalized spacial score (nSPS) is 11.4. The van der Waals surface area contributed by atoms with Crippen LogP contribution < -0.4 is 11.4 Å². The number of fused-ring (bicyclic) bond motifs is 3. The van der Waals surface area contributed by atoms with E-state index in [0.29, 0.717) is 5.52 Å². The van der Waals surface area contributed by atoms with Crippen LogP contribution >= 0.6 is 0 Å². The molecule has 0 aliphatic carbocycles. The summed E-state index contributed by atoms with van der Waals surface area (Å²) >= 11 is 0. The van der Waals surface area contributed by atoms with Crippen molar-refractivity contribution < 1.29 is 0 Å². The molecule has 5 heteroatoms. The fourth-order valence-corrected chi connectivity index (χ4v) is 2.26. The molecule has 18 heavy (non-hydrogen) atoms. The minimum absolute atomic E-state index is 0.251. The maximum Gasteiger partial charge on any atom is 0.297 e. The number of aromatic nitrogens is 3. The molecule has 0 aliphatic heterocycles. The number of hydrogen-bond acceptors (Lipinski definition) is 3. The molecule has 0 bridgehead atoms. The van der Waals surface area contributed by atoms with Crippen molar-refractivity contribution in [1.82, 2.24) is 14.5 Å². The first-order valence-corrected chi connectivity index (χ1v) is 5.98. The largest absolute Gasteiger partial charge is 0.336 e. The Bertz CT molecular complexity index is 785. The molecule has 0 atom stereocenters. The summed E-state index contributed by atoms with van der Waals surface area (Å²) in [6.45, 7) is 2.87. The average molecular weight is 242 g/mol. The molecule has 2 heterocycles. The summed E-state index contributed by atoms with van der Waals surface area (Å²) in [7, 11) is 0. The molecular weight excluding hydrogens is 228 g/mol. The van der Waals surface area contributed by atoms with Crippen molar-refractivity contribution in [3.05, 3.63) is 40.8 Å². The number of para-hydroxylation sites is 1. The Labute approximate surface area is 103 Å². The molecule has 2 aromatic heterocycles. The average Bonchev–Trinajstić information content (AvgIpc) is 2.81. The topological polar surface area (TPSA) is 65.8 Å². The van der Waals surface area contributed by atoms with Gasteiger partial charge in [-0.1, -0.05) is 25.1 Å². The van der Waals surface area contributed by atoms with Gasteiger partial charge in [0.25, 0.3) is 5.56 Å². The molecule has 2 N–H and O–H groups in total. The number of pyridine rings is 1. The van der Waals surface area contributed by atoms with E-state index in [9.17, 15) is 4.79 Å². The van der Waals surface area contributed by atoms with E-state index in [-0.39, 0.29) is 5.56 Å². The summed E-state index contributed by atoms with van der Waals surface area (Å²) < 4.78 is 2.97. The van der Waals surface area contributed by atoms with Crippen LogP contribution in [0.3, 0.4) is 0 Å². The number of hydrogen-bond donors (Lipinski definition) is 1. The lowest BCUT2D eigenvalue weighted by molar-refractivity contribution is 0.608. The Morgan fingerprint density at radius 3 is 2.83 bits per heavy atom. The third-order valence-electron chi connectivity index (χ3n) is 3.09. The second-order valence-electron chi connectivity index (χ2n) is 4.35. The molecule has 0 spiro atoms. The van der Waals surface area contributed by atoms with E-state index < -0.39 is 0 Å². The van der Waals surface area contributed by atoms with Crippen LogP contribution in [0.1, 0.15) is 13.3 Å². The monoisotopic (exact) mass is 242 g/mol.